The maximum Gasteiger partial charge on any atom is 0.144 e. The highest BCUT2D eigenvalue weighted by molar-refractivity contribution is 9.11. The topological polar surface area (TPSA) is 46.2 Å². The Morgan fingerprint density at radius 3 is 2.85 bits per heavy atom. The average Bonchev–Trinajstić information content (AvgIpc) is 2.43. The van der Waals surface area contributed by atoms with Gasteiger partial charge in [-0.3, -0.25) is 0 Å². The van der Waals surface area contributed by atoms with E-state index in [1.807, 2.05) is 6.07 Å². The third-order valence-corrected chi connectivity index (χ3v) is 3.82. The molecule has 0 unspecified atom stereocenters. The van der Waals surface area contributed by atoms with Crippen LogP contribution in [0.1, 0.15) is 23.6 Å². The Balaban J connectivity index is 2.68. The lowest BCUT2D eigenvalue weighted by atomic mass is 10.1. The fourth-order valence-electron chi connectivity index (χ4n) is 1.74. The first kappa shape index (κ1) is 9.49. The Bertz CT molecular complexity index is 365. The van der Waals surface area contributed by atoms with Gasteiger partial charge in [0, 0.05) is 6.04 Å². The van der Waals surface area contributed by atoms with Crippen LogP contribution in [0.2, 0.25) is 0 Å². The number of phenolic OH excluding ortho intramolecular Hbond substituents is 1. The van der Waals surface area contributed by atoms with E-state index in [0.29, 0.717) is 0 Å². The summed E-state index contributed by atoms with van der Waals surface area (Å²) < 4.78 is 1.47. The molecule has 1 aromatic carbocycles. The lowest BCUT2D eigenvalue weighted by Crippen LogP contribution is -2.06. The summed E-state index contributed by atoms with van der Waals surface area (Å²) in [6.45, 7) is 0. The summed E-state index contributed by atoms with van der Waals surface area (Å²) in [6, 6.07) is 2.01. The van der Waals surface area contributed by atoms with Gasteiger partial charge in [0.15, 0.2) is 0 Å². The minimum Gasteiger partial charge on any atom is -0.506 e. The van der Waals surface area contributed by atoms with Gasteiger partial charge in [-0.05, 0) is 61.9 Å². The monoisotopic (exact) mass is 305 g/mol. The molecule has 2 nitrogen and oxygen atoms in total. The van der Waals surface area contributed by atoms with E-state index in [0.717, 1.165) is 27.4 Å². The zero-order valence-corrected chi connectivity index (χ0v) is 10.0. The van der Waals surface area contributed by atoms with Crippen LogP contribution in [0.25, 0.3) is 0 Å². The third-order valence-electron chi connectivity index (χ3n) is 2.41. The number of rotatable bonds is 0. The van der Waals surface area contributed by atoms with Crippen molar-refractivity contribution in [3.8, 4) is 5.75 Å². The van der Waals surface area contributed by atoms with Crippen molar-refractivity contribution in [1.29, 1.82) is 0 Å². The maximum absolute atomic E-state index is 9.64. The molecule has 0 heterocycles. The van der Waals surface area contributed by atoms with Crippen LogP contribution in [0.5, 0.6) is 5.75 Å². The molecule has 1 aliphatic rings. The average molecular weight is 307 g/mol. The van der Waals surface area contributed by atoms with Crippen molar-refractivity contribution < 1.29 is 5.11 Å². The largest absolute Gasteiger partial charge is 0.506 e. The van der Waals surface area contributed by atoms with Crippen LogP contribution >= 0.6 is 31.9 Å². The third kappa shape index (κ3) is 1.41. The summed E-state index contributed by atoms with van der Waals surface area (Å²) in [7, 11) is 0. The lowest BCUT2D eigenvalue weighted by molar-refractivity contribution is 0.467. The van der Waals surface area contributed by atoms with Gasteiger partial charge in [-0.2, -0.15) is 0 Å². The Labute approximate surface area is 93.4 Å². The van der Waals surface area contributed by atoms with E-state index in [4.69, 9.17) is 5.73 Å². The second-order valence-corrected chi connectivity index (χ2v) is 4.89. The van der Waals surface area contributed by atoms with Crippen molar-refractivity contribution in [2.75, 3.05) is 0 Å². The van der Waals surface area contributed by atoms with E-state index in [1.165, 1.54) is 5.56 Å². The number of halogens is 2. The van der Waals surface area contributed by atoms with Gasteiger partial charge in [0.25, 0.3) is 0 Å². The quantitative estimate of drug-likeness (QED) is 0.774. The van der Waals surface area contributed by atoms with Crippen LogP contribution in [0.3, 0.4) is 0 Å². The summed E-state index contributed by atoms with van der Waals surface area (Å²) in [5.41, 5.74) is 8.19. The van der Waals surface area contributed by atoms with Crippen LogP contribution in [0.15, 0.2) is 15.0 Å². The highest BCUT2D eigenvalue weighted by Gasteiger charge is 2.24. The van der Waals surface area contributed by atoms with Gasteiger partial charge in [-0.25, -0.2) is 0 Å². The van der Waals surface area contributed by atoms with Gasteiger partial charge < -0.3 is 10.8 Å². The Morgan fingerprint density at radius 1 is 1.46 bits per heavy atom. The predicted octanol–water partition coefficient (Wildman–Crippen LogP) is 2.86. The molecule has 0 saturated heterocycles. The molecule has 0 saturated carbocycles. The SMILES string of the molecule is N[C@@H]1CCc2cc(Br)c(O)c(Br)c21. The molecule has 0 bridgehead atoms. The smallest absolute Gasteiger partial charge is 0.144 e. The lowest BCUT2D eigenvalue weighted by Gasteiger charge is -2.10. The van der Waals surface area contributed by atoms with Gasteiger partial charge in [0.1, 0.15) is 5.75 Å². The Hall–Kier alpha value is -0.0600. The van der Waals surface area contributed by atoms with Crippen LogP contribution in [-0.2, 0) is 6.42 Å². The van der Waals surface area contributed by atoms with E-state index in [9.17, 15) is 5.11 Å². The molecule has 0 aromatic heterocycles. The van der Waals surface area contributed by atoms with Crippen molar-refractivity contribution in [3.63, 3.8) is 0 Å². The molecule has 1 atom stereocenters. The first-order valence-corrected chi connectivity index (χ1v) is 5.65. The zero-order chi connectivity index (χ0) is 9.59. The number of benzene rings is 1. The number of hydrogen-bond donors (Lipinski definition) is 2. The molecule has 3 N–H and O–H groups in total. The van der Waals surface area contributed by atoms with Gasteiger partial charge in [-0.1, -0.05) is 0 Å². The van der Waals surface area contributed by atoms with Crippen LogP contribution in [0, 0.1) is 0 Å². The number of aryl methyl sites for hydroxylation is 1. The maximum atomic E-state index is 9.64. The van der Waals surface area contributed by atoms with Crippen molar-refractivity contribution in [1.82, 2.24) is 0 Å². The molecule has 70 valence electrons. The number of hydrogen-bond acceptors (Lipinski definition) is 2. The van der Waals surface area contributed by atoms with E-state index in [-0.39, 0.29) is 11.8 Å². The molecule has 0 aliphatic heterocycles. The molecule has 13 heavy (non-hydrogen) atoms. The molecule has 0 spiro atoms. The molecule has 1 aliphatic carbocycles. The highest BCUT2D eigenvalue weighted by Crippen LogP contribution is 2.43. The normalized spacial score (nSPS) is 20.4. The molecular weight excluding hydrogens is 298 g/mol. The van der Waals surface area contributed by atoms with Crippen molar-refractivity contribution in [3.05, 3.63) is 26.1 Å². The molecule has 4 heteroatoms. The Morgan fingerprint density at radius 2 is 2.15 bits per heavy atom. The second kappa shape index (κ2) is 3.26. The molecule has 2 rings (SSSR count). The van der Waals surface area contributed by atoms with Crippen LogP contribution < -0.4 is 5.73 Å². The van der Waals surface area contributed by atoms with Crippen LogP contribution in [0.4, 0.5) is 0 Å². The zero-order valence-electron chi connectivity index (χ0n) is 6.85. The molecule has 0 fully saturated rings. The Kier molecular flexibility index (Phi) is 2.38. The molecular formula is C9H9Br2NO. The first-order valence-electron chi connectivity index (χ1n) is 4.06. The number of phenols is 1. The van der Waals surface area contributed by atoms with E-state index < -0.39 is 0 Å². The van der Waals surface area contributed by atoms with Gasteiger partial charge >= 0.3 is 0 Å². The summed E-state index contributed by atoms with van der Waals surface area (Å²) in [4.78, 5) is 0. The minimum atomic E-state index is 0.0587. The van der Waals surface area contributed by atoms with Gasteiger partial charge in [-0.15, -0.1) is 0 Å². The highest BCUT2D eigenvalue weighted by atomic mass is 79.9. The summed E-state index contributed by atoms with van der Waals surface area (Å²) in [5.74, 6) is 0.246. The van der Waals surface area contributed by atoms with E-state index in [1.54, 1.807) is 0 Å². The second-order valence-electron chi connectivity index (χ2n) is 3.24. The van der Waals surface area contributed by atoms with Crippen molar-refractivity contribution in [2.24, 2.45) is 5.73 Å². The molecule has 1 aromatic rings. The van der Waals surface area contributed by atoms with Crippen molar-refractivity contribution in [2.45, 2.75) is 18.9 Å². The van der Waals surface area contributed by atoms with Gasteiger partial charge in [0.05, 0.1) is 8.95 Å². The number of fused-ring (bicyclic) bond motifs is 1. The fraction of sp³-hybridized carbons (Fsp3) is 0.333. The summed E-state index contributed by atoms with van der Waals surface area (Å²) >= 11 is 6.66. The summed E-state index contributed by atoms with van der Waals surface area (Å²) in [6.07, 6.45) is 1.96. The number of nitrogens with two attached hydrogens (primary N) is 1. The summed E-state index contributed by atoms with van der Waals surface area (Å²) in [5, 5.41) is 9.64. The molecule has 0 radical (unpaired) electrons. The fourth-order valence-corrected chi connectivity index (χ4v) is 3.24. The molecule has 0 amide bonds. The predicted molar refractivity (Wildman–Crippen MR) is 58.8 cm³/mol. The minimum absolute atomic E-state index is 0.0587. The van der Waals surface area contributed by atoms with Gasteiger partial charge in [0.2, 0.25) is 0 Å². The number of aromatic hydroxyl groups is 1. The standard InChI is InChI=1S/C9H9Br2NO/c10-5-3-4-1-2-6(12)7(4)8(11)9(5)13/h3,6,13H,1-2,12H2/t6-/m1/s1. The van der Waals surface area contributed by atoms with Crippen molar-refractivity contribution >= 4 is 31.9 Å². The van der Waals surface area contributed by atoms with E-state index >= 15 is 0 Å². The van der Waals surface area contributed by atoms with E-state index in [2.05, 4.69) is 31.9 Å². The van der Waals surface area contributed by atoms with Crippen LogP contribution in [-0.4, -0.2) is 5.11 Å². The first-order chi connectivity index (χ1) is 6.11.